The van der Waals surface area contributed by atoms with Gasteiger partial charge in [-0.25, -0.2) is 0 Å². The lowest BCUT2D eigenvalue weighted by Crippen LogP contribution is -2.21. The lowest BCUT2D eigenvalue weighted by molar-refractivity contribution is -0.146. The molecule has 0 bridgehead atoms. The number of halogens is 2. The van der Waals surface area contributed by atoms with E-state index in [0.717, 1.165) is 12.2 Å². The molecular formula is C27H27Cl2NO4. The van der Waals surface area contributed by atoms with Crippen LogP contribution in [0.2, 0.25) is 10.0 Å². The average Bonchev–Trinajstić information content (AvgIpc) is 2.81. The van der Waals surface area contributed by atoms with Crippen molar-refractivity contribution < 1.29 is 19.1 Å². The van der Waals surface area contributed by atoms with E-state index < -0.39 is 18.5 Å². The van der Waals surface area contributed by atoms with Crippen molar-refractivity contribution in [1.29, 1.82) is 0 Å². The molecule has 1 amide bonds. The molecule has 0 radical (unpaired) electrons. The number of rotatable bonds is 9. The normalized spacial score (nSPS) is 11.1. The largest absolute Gasteiger partial charge is 0.457 e. The van der Waals surface area contributed by atoms with Gasteiger partial charge in [-0.05, 0) is 71.5 Å². The molecule has 0 aromatic heterocycles. The minimum Gasteiger partial charge on any atom is -0.457 e. The van der Waals surface area contributed by atoms with Gasteiger partial charge >= 0.3 is 5.97 Å². The summed E-state index contributed by atoms with van der Waals surface area (Å²) in [5.41, 5.74) is 2.53. The molecule has 1 N–H and O–H groups in total. The molecule has 5 nitrogen and oxygen atoms in total. The van der Waals surface area contributed by atoms with Gasteiger partial charge in [0, 0.05) is 15.7 Å². The predicted molar refractivity (Wildman–Crippen MR) is 136 cm³/mol. The van der Waals surface area contributed by atoms with Crippen molar-refractivity contribution in [3.8, 4) is 11.5 Å². The van der Waals surface area contributed by atoms with E-state index in [4.69, 9.17) is 32.7 Å². The van der Waals surface area contributed by atoms with Gasteiger partial charge in [-0.3, -0.25) is 9.59 Å². The Kier molecular flexibility index (Phi) is 8.59. The van der Waals surface area contributed by atoms with Crippen molar-refractivity contribution in [3.63, 3.8) is 0 Å². The quantitative estimate of drug-likeness (QED) is 0.316. The highest BCUT2D eigenvalue weighted by Gasteiger charge is 2.17. The van der Waals surface area contributed by atoms with Gasteiger partial charge in [0.15, 0.2) is 6.61 Å². The van der Waals surface area contributed by atoms with Crippen LogP contribution in [0.15, 0.2) is 66.7 Å². The smallest absolute Gasteiger partial charge is 0.310 e. The lowest BCUT2D eigenvalue weighted by Gasteiger charge is -2.23. The summed E-state index contributed by atoms with van der Waals surface area (Å²) in [7, 11) is 0. The van der Waals surface area contributed by atoms with E-state index in [9.17, 15) is 9.59 Å². The highest BCUT2D eigenvalue weighted by molar-refractivity contribution is 6.35. The molecule has 0 unspecified atom stereocenters. The van der Waals surface area contributed by atoms with E-state index in [1.165, 1.54) is 5.56 Å². The minimum absolute atomic E-state index is 0.0494. The number of ether oxygens (including phenoxy) is 2. The third-order valence-electron chi connectivity index (χ3n) is 5.61. The molecule has 0 fully saturated rings. The van der Waals surface area contributed by atoms with Crippen LogP contribution in [0.1, 0.15) is 38.3 Å². The Morgan fingerprint density at radius 3 is 2.12 bits per heavy atom. The number of anilines is 1. The SMILES string of the molecule is CCC(C)(C)c1ccc(Oc2ccc(NC(=O)COC(=O)Cc3ccc(Cl)cc3Cl)cc2)cc1. The maximum Gasteiger partial charge on any atom is 0.310 e. The van der Waals surface area contributed by atoms with Crippen molar-refractivity contribution in [3.05, 3.63) is 87.9 Å². The molecule has 0 saturated heterocycles. The molecule has 0 aliphatic heterocycles. The predicted octanol–water partition coefficient (Wildman–Crippen LogP) is 7.20. The molecule has 34 heavy (non-hydrogen) atoms. The fourth-order valence-electron chi connectivity index (χ4n) is 3.14. The van der Waals surface area contributed by atoms with Gasteiger partial charge in [0.1, 0.15) is 11.5 Å². The second-order valence-electron chi connectivity index (χ2n) is 8.51. The van der Waals surface area contributed by atoms with Gasteiger partial charge in [-0.15, -0.1) is 0 Å². The highest BCUT2D eigenvalue weighted by Crippen LogP contribution is 2.30. The van der Waals surface area contributed by atoms with Gasteiger partial charge in [-0.2, -0.15) is 0 Å². The first-order chi connectivity index (χ1) is 16.2. The minimum atomic E-state index is -0.559. The first-order valence-corrected chi connectivity index (χ1v) is 11.7. The summed E-state index contributed by atoms with van der Waals surface area (Å²) in [6.07, 6.45) is 1.00. The molecular weight excluding hydrogens is 473 g/mol. The van der Waals surface area contributed by atoms with E-state index in [2.05, 4.69) is 38.2 Å². The second-order valence-corrected chi connectivity index (χ2v) is 9.35. The number of carbonyl (C=O) groups excluding carboxylic acids is 2. The number of carbonyl (C=O) groups is 2. The number of benzene rings is 3. The first-order valence-electron chi connectivity index (χ1n) is 10.9. The van der Waals surface area contributed by atoms with Crippen LogP contribution in [-0.2, 0) is 26.2 Å². The molecule has 0 aliphatic carbocycles. The van der Waals surface area contributed by atoms with E-state index in [-0.39, 0.29) is 11.8 Å². The van der Waals surface area contributed by atoms with Crippen LogP contribution in [0.25, 0.3) is 0 Å². The molecule has 3 aromatic carbocycles. The number of nitrogens with one attached hydrogen (secondary N) is 1. The maximum atomic E-state index is 12.1. The standard InChI is InChI=1S/C27H27Cl2NO4/c1-4-27(2,3)19-6-11-22(12-7-19)34-23-13-9-21(10-14-23)30-25(31)17-33-26(32)15-18-5-8-20(28)16-24(18)29/h5-14,16H,4,15,17H2,1-3H3,(H,30,31). The molecule has 178 valence electrons. The summed E-state index contributed by atoms with van der Waals surface area (Å²) in [5, 5.41) is 3.54. The van der Waals surface area contributed by atoms with Gasteiger partial charge in [0.2, 0.25) is 0 Å². The summed E-state index contributed by atoms with van der Waals surface area (Å²) in [6, 6.07) is 19.9. The number of esters is 1. The van der Waals surface area contributed by atoms with Crippen LogP contribution in [0.3, 0.4) is 0 Å². The molecule has 0 aliphatic rings. The molecule has 0 saturated carbocycles. The van der Waals surface area contributed by atoms with Gasteiger partial charge in [-0.1, -0.05) is 62.2 Å². The van der Waals surface area contributed by atoms with Crippen LogP contribution >= 0.6 is 23.2 Å². The molecule has 0 heterocycles. The average molecular weight is 500 g/mol. The third-order valence-corrected chi connectivity index (χ3v) is 6.19. The fraction of sp³-hybridized carbons (Fsp3) is 0.259. The van der Waals surface area contributed by atoms with Gasteiger partial charge < -0.3 is 14.8 Å². The Morgan fingerprint density at radius 1 is 0.912 bits per heavy atom. The summed E-state index contributed by atoms with van der Waals surface area (Å²) >= 11 is 11.9. The Balaban J connectivity index is 1.47. The summed E-state index contributed by atoms with van der Waals surface area (Å²) in [6.45, 7) is 6.20. The van der Waals surface area contributed by atoms with Crippen molar-refractivity contribution in [2.75, 3.05) is 11.9 Å². The third kappa shape index (κ3) is 7.24. The summed E-state index contributed by atoms with van der Waals surface area (Å²) in [4.78, 5) is 24.1. The lowest BCUT2D eigenvalue weighted by atomic mass is 9.82. The Morgan fingerprint density at radius 2 is 1.53 bits per heavy atom. The molecule has 3 aromatic rings. The first kappa shape index (κ1) is 25.6. The van der Waals surface area contributed by atoms with Crippen LogP contribution < -0.4 is 10.1 Å². The summed E-state index contributed by atoms with van der Waals surface area (Å²) < 4.78 is 10.9. The van der Waals surface area contributed by atoms with Crippen molar-refractivity contribution >= 4 is 40.8 Å². The van der Waals surface area contributed by atoms with Crippen molar-refractivity contribution in [2.24, 2.45) is 0 Å². The zero-order valence-corrected chi connectivity index (χ0v) is 20.9. The van der Waals surface area contributed by atoms with Crippen LogP contribution in [0.5, 0.6) is 11.5 Å². The highest BCUT2D eigenvalue weighted by atomic mass is 35.5. The zero-order chi connectivity index (χ0) is 24.7. The Labute approximate surface area is 210 Å². The van der Waals surface area contributed by atoms with E-state index in [0.29, 0.717) is 27.0 Å². The van der Waals surface area contributed by atoms with Crippen molar-refractivity contribution in [1.82, 2.24) is 0 Å². The van der Waals surface area contributed by atoms with Crippen LogP contribution in [0, 0.1) is 0 Å². The van der Waals surface area contributed by atoms with E-state index >= 15 is 0 Å². The Bertz CT molecular complexity index is 1140. The van der Waals surface area contributed by atoms with Crippen LogP contribution in [-0.4, -0.2) is 18.5 Å². The summed E-state index contributed by atoms with van der Waals surface area (Å²) in [5.74, 6) is 0.377. The monoisotopic (exact) mass is 499 g/mol. The maximum absolute atomic E-state index is 12.1. The van der Waals surface area contributed by atoms with E-state index in [1.54, 1.807) is 42.5 Å². The molecule has 0 spiro atoms. The fourth-order valence-corrected chi connectivity index (χ4v) is 3.61. The zero-order valence-electron chi connectivity index (χ0n) is 19.4. The Hall–Kier alpha value is -3.02. The second kappa shape index (κ2) is 11.4. The number of amides is 1. The van der Waals surface area contributed by atoms with E-state index in [1.807, 2.05) is 12.1 Å². The molecule has 3 rings (SSSR count). The van der Waals surface area contributed by atoms with Gasteiger partial charge in [0.25, 0.3) is 5.91 Å². The van der Waals surface area contributed by atoms with Crippen molar-refractivity contribution in [2.45, 2.75) is 39.0 Å². The molecule has 7 heteroatoms. The number of hydrogen-bond acceptors (Lipinski definition) is 4. The number of hydrogen-bond donors (Lipinski definition) is 1. The van der Waals surface area contributed by atoms with Crippen LogP contribution in [0.4, 0.5) is 5.69 Å². The van der Waals surface area contributed by atoms with Gasteiger partial charge in [0.05, 0.1) is 6.42 Å². The topological polar surface area (TPSA) is 64.6 Å². The molecule has 0 atom stereocenters.